The third kappa shape index (κ3) is 5.24. The van der Waals surface area contributed by atoms with Gasteiger partial charge < -0.3 is 10.1 Å². The van der Waals surface area contributed by atoms with Crippen LogP contribution in [0.15, 0.2) is 28.1 Å². The Morgan fingerprint density at radius 2 is 1.97 bits per heavy atom. The third-order valence-electron chi connectivity index (χ3n) is 5.22. The Hall–Kier alpha value is -2.16. The fourth-order valence-electron chi connectivity index (χ4n) is 3.18. The molecule has 0 aliphatic carbocycles. The maximum absolute atomic E-state index is 12.9. The zero-order valence-electron chi connectivity index (χ0n) is 17.9. The molecule has 0 spiro atoms. The first kappa shape index (κ1) is 24.5. The number of halogens is 1. The number of anilines is 1. The van der Waals surface area contributed by atoms with Gasteiger partial charge in [0.1, 0.15) is 16.0 Å². The number of rotatable bonds is 6. The van der Waals surface area contributed by atoms with E-state index in [-0.39, 0.29) is 34.7 Å². The van der Waals surface area contributed by atoms with E-state index in [2.05, 4.69) is 16.4 Å². The monoisotopic (exact) mass is 494 g/mol. The second-order valence-electron chi connectivity index (χ2n) is 7.24. The number of hydrogen-bond acceptors (Lipinski definition) is 7. The molecule has 1 fully saturated rings. The molecule has 1 aromatic heterocycles. The van der Waals surface area contributed by atoms with Gasteiger partial charge in [0.05, 0.1) is 29.6 Å². The molecule has 1 aromatic carbocycles. The lowest BCUT2D eigenvalue weighted by atomic mass is 10.1. The van der Waals surface area contributed by atoms with Crippen LogP contribution < -0.4 is 5.32 Å². The molecule has 1 amide bonds. The molecule has 0 unspecified atom stereocenters. The van der Waals surface area contributed by atoms with Crippen LogP contribution >= 0.6 is 23.4 Å². The van der Waals surface area contributed by atoms with E-state index in [0.717, 1.165) is 28.6 Å². The summed E-state index contributed by atoms with van der Waals surface area (Å²) >= 11 is 7.32. The molecule has 1 aliphatic heterocycles. The van der Waals surface area contributed by atoms with Crippen LogP contribution in [0.2, 0.25) is 5.02 Å². The van der Waals surface area contributed by atoms with Gasteiger partial charge in [-0.05, 0) is 50.1 Å². The lowest BCUT2D eigenvalue weighted by molar-refractivity contribution is -0.113. The number of thioether (sulfide) groups is 1. The molecule has 2 heterocycles. The second kappa shape index (κ2) is 10.2. The van der Waals surface area contributed by atoms with E-state index in [1.807, 2.05) is 20.8 Å². The van der Waals surface area contributed by atoms with E-state index < -0.39 is 10.0 Å². The number of aromatic nitrogens is 1. The fourth-order valence-corrected chi connectivity index (χ4v) is 5.98. The number of hydrogen-bond donors (Lipinski definition) is 1. The van der Waals surface area contributed by atoms with Gasteiger partial charge >= 0.3 is 0 Å². The van der Waals surface area contributed by atoms with Gasteiger partial charge in [-0.2, -0.15) is 9.57 Å². The molecular weight excluding hydrogens is 472 g/mol. The number of benzene rings is 1. The molecule has 32 heavy (non-hydrogen) atoms. The number of nitrogens with one attached hydrogen (secondary N) is 1. The summed E-state index contributed by atoms with van der Waals surface area (Å²) in [6, 6.07) is 6.50. The van der Waals surface area contributed by atoms with Gasteiger partial charge in [0, 0.05) is 24.5 Å². The molecule has 3 rings (SSSR count). The highest BCUT2D eigenvalue weighted by atomic mass is 35.5. The fraction of sp³-hybridized carbons (Fsp3) is 0.381. The molecule has 170 valence electrons. The van der Waals surface area contributed by atoms with E-state index in [1.165, 1.54) is 16.4 Å². The molecule has 1 N–H and O–H groups in total. The van der Waals surface area contributed by atoms with E-state index >= 15 is 0 Å². The minimum Gasteiger partial charge on any atom is -0.379 e. The average molecular weight is 495 g/mol. The van der Waals surface area contributed by atoms with Crippen molar-refractivity contribution in [2.75, 3.05) is 37.4 Å². The van der Waals surface area contributed by atoms with Crippen LogP contribution in [0.5, 0.6) is 0 Å². The Kier molecular flexibility index (Phi) is 7.79. The lowest BCUT2D eigenvalue weighted by Gasteiger charge is -2.26. The highest BCUT2D eigenvalue weighted by molar-refractivity contribution is 8.00. The van der Waals surface area contributed by atoms with Crippen molar-refractivity contribution in [3.63, 3.8) is 0 Å². The van der Waals surface area contributed by atoms with Gasteiger partial charge in [-0.3, -0.25) is 4.79 Å². The van der Waals surface area contributed by atoms with Gasteiger partial charge in [0.25, 0.3) is 0 Å². The summed E-state index contributed by atoms with van der Waals surface area (Å²) in [6.07, 6.45) is 0. The zero-order valence-corrected chi connectivity index (χ0v) is 20.3. The molecule has 0 radical (unpaired) electrons. The number of sulfonamides is 1. The molecule has 1 aliphatic rings. The Labute approximate surface area is 197 Å². The summed E-state index contributed by atoms with van der Waals surface area (Å²) in [5.41, 5.74) is 3.37. The summed E-state index contributed by atoms with van der Waals surface area (Å²) in [4.78, 5) is 16.9. The first-order valence-corrected chi connectivity index (χ1v) is 12.6. The first-order chi connectivity index (χ1) is 15.1. The summed E-state index contributed by atoms with van der Waals surface area (Å²) < 4.78 is 32.4. The largest absolute Gasteiger partial charge is 0.379 e. The normalized spacial score (nSPS) is 14.7. The molecule has 0 atom stereocenters. The number of nitrogens with zero attached hydrogens (tertiary/aromatic N) is 3. The molecule has 0 saturated carbocycles. The van der Waals surface area contributed by atoms with Crippen LogP contribution in [0.4, 0.5) is 5.69 Å². The molecule has 0 bridgehead atoms. The number of aryl methyl sites for hydroxylation is 1. The predicted octanol–water partition coefficient (Wildman–Crippen LogP) is 3.28. The van der Waals surface area contributed by atoms with Gasteiger partial charge in [0.15, 0.2) is 0 Å². The first-order valence-electron chi connectivity index (χ1n) is 9.83. The number of carbonyl (C=O) groups excluding carboxylic acids is 1. The van der Waals surface area contributed by atoms with E-state index in [4.69, 9.17) is 16.3 Å². The molecule has 2 aromatic rings. The minimum atomic E-state index is -3.81. The Morgan fingerprint density at radius 3 is 2.62 bits per heavy atom. The maximum atomic E-state index is 12.9. The van der Waals surface area contributed by atoms with Crippen LogP contribution in [-0.4, -0.2) is 55.7 Å². The average Bonchev–Trinajstić information content (AvgIpc) is 2.78. The highest BCUT2D eigenvalue weighted by Gasteiger charge is 2.28. The number of nitriles is 1. The summed E-state index contributed by atoms with van der Waals surface area (Å²) in [5.74, 6) is -0.341. The summed E-state index contributed by atoms with van der Waals surface area (Å²) in [7, 11) is -3.81. The quantitative estimate of drug-likeness (QED) is 0.613. The van der Waals surface area contributed by atoms with Crippen molar-refractivity contribution in [3.8, 4) is 6.07 Å². The van der Waals surface area contributed by atoms with Crippen molar-refractivity contribution >= 4 is 45.0 Å². The molecule has 8 nitrogen and oxygen atoms in total. The van der Waals surface area contributed by atoms with Crippen LogP contribution in [0, 0.1) is 32.1 Å². The lowest BCUT2D eigenvalue weighted by Crippen LogP contribution is -2.40. The van der Waals surface area contributed by atoms with Gasteiger partial charge in [0.2, 0.25) is 15.9 Å². The smallest absolute Gasteiger partial charge is 0.244 e. The standard InChI is InChI=1S/C21H23ClN4O4S2/c1-13-14(2)17(11-23)21(24-15(13)3)31-12-20(27)25-16-4-5-18(22)19(10-16)32(28,29)26-6-8-30-9-7-26/h4-5,10H,6-9,12H2,1-3H3,(H,25,27). The zero-order chi connectivity index (χ0) is 23.5. The maximum Gasteiger partial charge on any atom is 0.244 e. The number of amides is 1. The Balaban J connectivity index is 1.74. The number of ether oxygens (including phenoxy) is 1. The van der Waals surface area contributed by atoms with Crippen LogP contribution in [0.1, 0.15) is 22.4 Å². The van der Waals surface area contributed by atoms with E-state index in [0.29, 0.717) is 29.5 Å². The Bertz CT molecular complexity index is 1190. The molecule has 11 heteroatoms. The summed E-state index contributed by atoms with van der Waals surface area (Å²) in [6.45, 7) is 6.75. The van der Waals surface area contributed by atoms with Gasteiger partial charge in [-0.25, -0.2) is 13.4 Å². The number of pyridine rings is 1. The Morgan fingerprint density at radius 1 is 1.28 bits per heavy atom. The second-order valence-corrected chi connectivity index (χ2v) is 10.5. The van der Waals surface area contributed by atoms with E-state index in [1.54, 1.807) is 6.07 Å². The van der Waals surface area contributed by atoms with Crippen molar-refractivity contribution < 1.29 is 17.9 Å². The predicted molar refractivity (Wildman–Crippen MR) is 124 cm³/mol. The van der Waals surface area contributed by atoms with Crippen LogP contribution in [0.25, 0.3) is 0 Å². The minimum absolute atomic E-state index is 0.0117. The van der Waals surface area contributed by atoms with Gasteiger partial charge in [-0.1, -0.05) is 23.4 Å². The van der Waals surface area contributed by atoms with E-state index in [9.17, 15) is 18.5 Å². The number of morpholine rings is 1. The third-order valence-corrected chi connectivity index (χ3v) is 8.57. The topological polar surface area (TPSA) is 112 Å². The van der Waals surface area contributed by atoms with Crippen molar-refractivity contribution in [2.24, 2.45) is 0 Å². The number of carbonyl (C=O) groups is 1. The van der Waals surface area contributed by atoms with Gasteiger partial charge in [-0.15, -0.1) is 0 Å². The highest BCUT2D eigenvalue weighted by Crippen LogP contribution is 2.29. The molecule has 1 saturated heterocycles. The van der Waals surface area contributed by atoms with Crippen molar-refractivity contribution in [3.05, 3.63) is 45.6 Å². The van der Waals surface area contributed by atoms with Crippen LogP contribution in [-0.2, 0) is 19.6 Å². The van der Waals surface area contributed by atoms with Crippen molar-refractivity contribution in [1.82, 2.24) is 9.29 Å². The van der Waals surface area contributed by atoms with Crippen molar-refractivity contribution in [1.29, 1.82) is 5.26 Å². The van der Waals surface area contributed by atoms with Crippen LogP contribution in [0.3, 0.4) is 0 Å². The molecular formula is C21H23ClN4O4S2. The SMILES string of the molecule is Cc1nc(SCC(=O)Nc2ccc(Cl)c(S(=O)(=O)N3CCOCC3)c2)c(C#N)c(C)c1C. The summed E-state index contributed by atoms with van der Waals surface area (Å²) in [5, 5.41) is 12.7. The van der Waals surface area contributed by atoms with Crippen molar-refractivity contribution in [2.45, 2.75) is 30.7 Å².